The first-order valence-corrected chi connectivity index (χ1v) is 33.4. The molecule has 2 heterocycles. The Balaban J connectivity index is 0.00000377. The first-order valence-electron chi connectivity index (χ1n) is 33.4. The first-order chi connectivity index (χ1) is 49.9. The molecule has 0 radical (unpaired) electrons. The highest BCUT2D eigenvalue weighted by molar-refractivity contribution is 6.00. The molecule has 3 rings (SSSR count). The Kier molecular flexibility index (Phi) is 39.5. The van der Waals surface area contributed by atoms with Crippen LogP contribution in [0.3, 0.4) is 0 Å². The van der Waals surface area contributed by atoms with E-state index in [-0.39, 0.29) is 56.6 Å². The van der Waals surface area contributed by atoms with E-state index in [2.05, 4.69) is 52.5 Å². The smallest absolute Gasteiger partial charge is 0.475 e. The Morgan fingerprint density at radius 1 is 0.667 bits per heavy atom. The number of ether oxygens (including phenoxy) is 1. The van der Waals surface area contributed by atoms with E-state index in [9.17, 15) is 94.7 Å². The molecule has 37 nitrogen and oxygen atoms in total. The number of cyclic esters (lactones) is 1. The van der Waals surface area contributed by atoms with Gasteiger partial charge < -0.3 is 111 Å². The summed E-state index contributed by atoms with van der Waals surface area (Å²) in [6, 6.07) is -8.08. The number of aliphatic hydroxyl groups is 4. The van der Waals surface area contributed by atoms with E-state index in [4.69, 9.17) is 47.5 Å². The fourth-order valence-electron chi connectivity index (χ4n) is 9.65. The summed E-state index contributed by atoms with van der Waals surface area (Å²) in [5, 5.41) is 82.5. The number of carboxylic acids is 2. The quantitative estimate of drug-likeness (QED) is 0.0175. The van der Waals surface area contributed by atoms with Crippen LogP contribution in [0.1, 0.15) is 119 Å². The Morgan fingerprint density at radius 3 is 1.67 bits per heavy atom. The molecule has 0 spiro atoms. The zero-order chi connectivity index (χ0) is 83.1. The van der Waals surface area contributed by atoms with Crippen LogP contribution >= 0.6 is 0 Å². The van der Waals surface area contributed by atoms with Crippen molar-refractivity contribution in [3.63, 3.8) is 0 Å². The number of benzene rings is 1. The lowest BCUT2D eigenvalue weighted by Crippen LogP contribution is -2.64. The third-order valence-electron chi connectivity index (χ3n) is 15.5. The second kappa shape index (κ2) is 44.7. The molecule has 2 aromatic rings. The van der Waals surface area contributed by atoms with Crippen molar-refractivity contribution in [2.75, 3.05) is 19.7 Å². The third kappa shape index (κ3) is 34.0. The van der Waals surface area contributed by atoms with Crippen molar-refractivity contribution in [1.29, 1.82) is 0 Å². The second-order valence-electron chi connectivity index (χ2n) is 26.7. The summed E-state index contributed by atoms with van der Waals surface area (Å²) in [5.41, 5.74) is 22.6. The molecule has 0 unspecified atom stereocenters. The SMILES string of the molecule is CC[C@H](C)[C@@H]1NC(=O)[C@@H](CCCN=C(N)N)NC(=O)[C@H](CC(C)C)NC(=O)[C@H]([C@H](O)C(C)C)NC(=O)[C@@H](NC(=O)[C@H](Cc2cccnc2)NC(=O)[C@H](N)CC(C)(C)C)[C@@H](c2ccccc2)OC(=O)[C@H](CO)NC(=O)[C@H]([C@H](O)C(N)=O)NC(=O)CNC(=O)[C@H]([C@H](C)O)NC1=O.O=C(O)C(F)(F)F.O=C(O)C(F)(F)F. The molecule has 0 bridgehead atoms. The third-order valence-corrected chi connectivity index (χ3v) is 15.5. The normalized spacial score (nSPS) is 22.5. The summed E-state index contributed by atoms with van der Waals surface area (Å²) in [6.07, 6.45) is -15.8. The number of carboxylic acid groups (broad SMARTS) is 2. The lowest BCUT2D eigenvalue weighted by Gasteiger charge is -2.33. The van der Waals surface area contributed by atoms with Crippen LogP contribution in [0.5, 0.6) is 0 Å². The van der Waals surface area contributed by atoms with Gasteiger partial charge in [-0.05, 0) is 73.0 Å². The minimum Gasteiger partial charge on any atom is -0.475 e. The van der Waals surface area contributed by atoms with Gasteiger partial charge in [0.25, 0.3) is 0 Å². The number of carbonyl (C=O) groups excluding carboxylic acids is 12. The zero-order valence-corrected chi connectivity index (χ0v) is 60.7. The van der Waals surface area contributed by atoms with Crippen molar-refractivity contribution in [3.05, 3.63) is 66.0 Å². The maximum absolute atomic E-state index is 15.5. The van der Waals surface area contributed by atoms with Crippen LogP contribution in [-0.2, 0) is 78.3 Å². The van der Waals surface area contributed by atoms with E-state index in [1.54, 1.807) is 39.8 Å². The number of carbonyl (C=O) groups is 14. The molecule has 1 aromatic heterocycles. The maximum Gasteiger partial charge on any atom is 0.490 e. The zero-order valence-electron chi connectivity index (χ0n) is 60.7. The molecule has 0 saturated carbocycles. The minimum atomic E-state index is -5.08. The molecule has 15 atom stereocenters. The summed E-state index contributed by atoms with van der Waals surface area (Å²) >= 11 is 0. The van der Waals surface area contributed by atoms with Gasteiger partial charge in [-0.3, -0.25) is 62.7 Å². The number of nitrogens with one attached hydrogen (secondary N) is 10. The van der Waals surface area contributed by atoms with Gasteiger partial charge in [0, 0.05) is 25.4 Å². The molecule has 1 aliphatic rings. The number of aromatic nitrogens is 1. The number of guanidine groups is 1. The number of aliphatic carboxylic acids is 2. The van der Waals surface area contributed by atoms with E-state index >= 15 is 9.59 Å². The number of halogens is 6. The summed E-state index contributed by atoms with van der Waals surface area (Å²) in [7, 11) is 0. The van der Waals surface area contributed by atoms with Gasteiger partial charge in [0.1, 0.15) is 48.3 Å². The number of pyridine rings is 1. The van der Waals surface area contributed by atoms with Crippen molar-refractivity contribution < 1.29 is 129 Å². The lowest BCUT2D eigenvalue weighted by molar-refractivity contribution is -0.193. The van der Waals surface area contributed by atoms with E-state index in [0.29, 0.717) is 5.56 Å². The highest BCUT2D eigenvalue weighted by Crippen LogP contribution is 2.26. The molecule has 1 saturated heterocycles. The Morgan fingerprint density at radius 2 is 1.19 bits per heavy atom. The van der Waals surface area contributed by atoms with Gasteiger partial charge >= 0.3 is 30.3 Å². The van der Waals surface area contributed by atoms with Crippen LogP contribution in [0.2, 0.25) is 0 Å². The topological polar surface area (TPSA) is 619 Å². The lowest BCUT2D eigenvalue weighted by atomic mass is 9.88. The Hall–Kier alpha value is -10.4. The van der Waals surface area contributed by atoms with Crippen molar-refractivity contribution >= 4 is 88.8 Å². The molecule has 606 valence electrons. The molecular formula is C65H98F6N16O21. The van der Waals surface area contributed by atoms with Crippen molar-refractivity contribution in [2.45, 2.75) is 205 Å². The minimum absolute atomic E-state index is 0.0378. The van der Waals surface area contributed by atoms with Crippen LogP contribution in [0.25, 0.3) is 0 Å². The van der Waals surface area contributed by atoms with E-state index < -0.39 is 216 Å². The van der Waals surface area contributed by atoms with E-state index in [0.717, 1.165) is 6.92 Å². The van der Waals surface area contributed by atoms with Crippen LogP contribution in [-0.4, -0.2) is 235 Å². The van der Waals surface area contributed by atoms with Crippen LogP contribution in [0, 0.1) is 23.2 Å². The monoisotopic (exact) mass is 1550 g/mol. The number of alkyl halides is 6. The number of rotatable bonds is 22. The number of aliphatic imine (C=N–C) groups is 1. The van der Waals surface area contributed by atoms with Crippen molar-refractivity contribution in [3.8, 4) is 0 Å². The average molecular weight is 1550 g/mol. The molecule has 24 N–H and O–H groups in total. The number of nitrogens with two attached hydrogens (primary N) is 4. The molecule has 1 aromatic carbocycles. The molecule has 0 aliphatic carbocycles. The van der Waals surface area contributed by atoms with Gasteiger partial charge in [-0.15, -0.1) is 0 Å². The standard InChI is InChI=1S/C61H96N16O17.2C2HF3O2/c1-11-31(6)41-55(89)75-42(32(7)79)54(88)68-27-40(80)73-44(47(82)49(63)83)57(91)72-39(28-78)59(93)94-48(34-18-13-12-14-19-34)45(77-53(87)38(24-33-17-15-21-66-26-33)70-50(84)35(62)25-61(8,9)10)58(92)76-43(46(81)30(4)5)56(90)71-37(23-29(2)3)52(86)69-36(51(85)74-41)20-16-22-67-60(64)65;2*3-2(4,5)1(6)7/h12-15,17-19,21,26,29-32,35-39,41-48,78-79,81-82H,11,16,20,22-25,27-28,62H2,1-10H3,(H2,63,83)(H,68,88)(H,69,86)(H,70,84)(H,71,90)(H,72,91)(H,73,80)(H,74,85)(H,75,89)(H,76,92)(H,77,87)(H4,64,65,67);2*(H,6,7)/t31-,32-,35+,36+,37-,38-,39-,41-,42-,43-,44-,45-,46+,47-,48+;;/m0../s1. The Bertz CT molecular complexity index is 3380. The number of hydrogen-bond donors (Lipinski definition) is 20. The molecule has 108 heavy (non-hydrogen) atoms. The van der Waals surface area contributed by atoms with Gasteiger partial charge in [-0.2, -0.15) is 26.3 Å². The van der Waals surface area contributed by atoms with Crippen LogP contribution < -0.4 is 76.1 Å². The van der Waals surface area contributed by atoms with Gasteiger partial charge in [0.05, 0.1) is 31.4 Å². The van der Waals surface area contributed by atoms with E-state index in [1.807, 2.05) is 31.4 Å². The summed E-state index contributed by atoms with van der Waals surface area (Å²) in [4.78, 5) is 197. The van der Waals surface area contributed by atoms with E-state index in [1.165, 1.54) is 56.6 Å². The maximum atomic E-state index is 15.5. The average Bonchev–Trinajstić information content (AvgIpc) is 0.809. The van der Waals surface area contributed by atoms with Crippen LogP contribution in [0.4, 0.5) is 26.3 Å². The molecule has 1 fully saturated rings. The van der Waals surface area contributed by atoms with Gasteiger partial charge in [-0.25, -0.2) is 14.4 Å². The van der Waals surface area contributed by atoms with Gasteiger partial charge in [0.15, 0.2) is 24.2 Å². The summed E-state index contributed by atoms with van der Waals surface area (Å²) in [6.45, 7) is 13.7. The molecular weight excluding hydrogens is 1450 g/mol. The van der Waals surface area contributed by atoms with Gasteiger partial charge in [-0.1, -0.05) is 105 Å². The number of hydrogen-bond acceptors (Lipinski definition) is 22. The predicted octanol–water partition coefficient (Wildman–Crippen LogP) is -4.19. The number of aliphatic hydroxyl groups excluding tert-OH is 4. The molecule has 43 heteroatoms. The number of primary amides is 1. The fraction of sp³-hybridized carbons (Fsp3) is 0.600. The van der Waals surface area contributed by atoms with Crippen LogP contribution in [0.15, 0.2) is 59.9 Å². The number of nitrogens with zero attached hydrogens (tertiary/aromatic N) is 2. The molecule has 1 aliphatic heterocycles. The number of amides is 11. The summed E-state index contributed by atoms with van der Waals surface area (Å²) < 4.78 is 69.4. The first kappa shape index (κ1) is 95.6. The van der Waals surface area contributed by atoms with Crippen molar-refractivity contribution in [2.24, 2.45) is 51.1 Å². The predicted molar refractivity (Wildman–Crippen MR) is 367 cm³/mol. The number of esters is 1. The Labute approximate surface area is 615 Å². The summed E-state index contributed by atoms with van der Waals surface area (Å²) in [5.74, 6) is -22.7. The second-order valence-corrected chi connectivity index (χ2v) is 26.7. The highest BCUT2D eigenvalue weighted by atomic mass is 19.4. The molecule has 11 amide bonds. The highest BCUT2D eigenvalue weighted by Gasteiger charge is 2.45. The van der Waals surface area contributed by atoms with Crippen molar-refractivity contribution in [1.82, 2.24) is 58.2 Å². The fourth-order valence-corrected chi connectivity index (χ4v) is 9.65. The largest absolute Gasteiger partial charge is 0.490 e. The van der Waals surface area contributed by atoms with Gasteiger partial charge in [0.2, 0.25) is 65.0 Å².